The molecule has 0 fully saturated rings. The molecule has 0 aliphatic carbocycles. The molecule has 0 radical (unpaired) electrons. The van der Waals surface area contributed by atoms with Gasteiger partial charge in [-0.2, -0.15) is 0 Å². The molecule has 1 aliphatic heterocycles. The average molecular weight is 270 g/mol. The summed E-state index contributed by atoms with van der Waals surface area (Å²) in [6, 6.07) is 7.15. The Labute approximate surface area is 116 Å². The van der Waals surface area contributed by atoms with Crippen LogP contribution in [0, 0.1) is 12.7 Å². The first-order valence-electron chi connectivity index (χ1n) is 6.48. The van der Waals surface area contributed by atoms with Gasteiger partial charge < -0.3 is 5.32 Å². The number of aryl methyl sites for hydroxylation is 1. The minimum Gasteiger partial charge on any atom is -0.325 e. The number of carbonyl (C=O) groups is 1. The Balaban J connectivity index is 2.08. The third-order valence-electron chi connectivity index (χ3n) is 3.87. The summed E-state index contributed by atoms with van der Waals surface area (Å²) in [7, 11) is 0. The molecule has 0 saturated heterocycles. The van der Waals surface area contributed by atoms with Gasteiger partial charge in [-0.05, 0) is 44.0 Å². The van der Waals surface area contributed by atoms with Crippen molar-refractivity contribution in [1.82, 2.24) is 4.98 Å². The van der Waals surface area contributed by atoms with E-state index in [4.69, 9.17) is 0 Å². The molecule has 2 aromatic rings. The van der Waals surface area contributed by atoms with Crippen molar-refractivity contribution in [3.8, 4) is 11.1 Å². The van der Waals surface area contributed by atoms with Crippen LogP contribution in [0.2, 0.25) is 0 Å². The molecule has 2 heterocycles. The van der Waals surface area contributed by atoms with Crippen molar-refractivity contribution in [2.45, 2.75) is 26.2 Å². The number of pyridine rings is 1. The number of nitrogens with zero attached hydrogens (tertiary/aromatic N) is 1. The van der Waals surface area contributed by atoms with Crippen LogP contribution in [0.15, 0.2) is 30.5 Å². The quantitative estimate of drug-likeness (QED) is 0.862. The van der Waals surface area contributed by atoms with Gasteiger partial charge >= 0.3 is 0 Å². The van der Waals surface area contributed by atoms with E-state index in [1.54, 1.807) is 13.1 Å². The monoisotopic (exact) mass is 270 g/mol. The molecule has 1 aromatic heterocycles. The van der Waals surface area contributed by atoms with Crippen LogP contribution in [0.5, 0.6) is 0 Å². The molecule has 4 heteroatoms. The Morgan fingerprint density at radius 2 is 1.95 bits per heavy atom. The van der Waals surface area contributed by atoms with Crippen molar-refractivity contribution < 1.29 is 9.18 Å². The van der Waals surface area contributed by atoms with Crippen molar-refractivity contribution in [3.63, 3.8) is 0 Å². The number of nitrogens with one attached hydrogen (secondary N) is 1. The van der Waals surface area contributed by atoms with Crippen LogP contribution in [0.3, 0.4) is 0 Å². The van der Waals surface area contributed by atoms with Gasteiger partial charge in [0.1, 0.15) is 5.82 Å². The largest absolute Gasteiger partial charge is 0.325 e. The van der Waals surface area contributed by atoms with Gasteiger partial charge in [-0.25, -0.2) is 4.39 Å². The van der Waals surface area contributed by atoms with Crippen LogP contribution in [-0.2, 0) is 10.2 Å². The van der Waals surface area contributed by atoms with Crippen LogP contribution in [0.1, 0.15) is 25.1 Å². The molecule has 1 N–H and O–H groups in total. The highest BCUT2D eigenvalue weighted by Crippen LogP contribution is 2.39. The fourth-order valence-electron chi connectivity index (χ4n) is 2.44. The summed E-state index contributed by atoms with van der Waals surface area (Å²) < 4.78 is 13.6. The summed E-state index contributed by atoms with van der Waals surface area (Å²) in [6.07, 6.45) is 1.64. The second-order valence-corrected chi connectivity index (χ2v) is 5.63. The van der Waals surface area contributed by atoms with E-state index in [1.807, 2.05) is 32.0 Å². The zero-order valence-electron chi connectivity index (χ0n) is 11.6. The number of fused-ring (bicyclic) bond motifs is 1. The third-order valence-corrected chi connectivity index (χ3v) is 3.87. The molecule has 3 nitrogen and oxygen atoms in total. The standard InChI is InChI=1S/C16H15FN2O/c1-9-13(17)6-11(8-18-9)10-4-5-12-14(7-10)19-15(20)16(12,2)3/h4-8H,1-3H3,(H,19,20). The van der Waals surface area contributed by atoms with Crippen molar-refractivity contribution >= 4 is 11.6 Å². The van der Waals surface area contributed by atoms with Gasteiger partial charge in [0.25, 0.3) is 0 Å². The lowest BCUT2D eigenvalue weighted by molar-refractivity contribution is -0.119. The van der Waals surface area contributed by atoms with Crippen LogP contribution in [0.25, 0.3) is 11.1 Å². The van der Waals surface area contributed by atoms with Crippen LogP contribution < -0.4 is 5.32 Å². The number of amides is 1. The first kappa shape index (κ1) is 12.8. The smallest absolute Gasteiger partial charge is 0.234 e. The van der Waals surface area contributed by atoms with Gasteiger partial charge in [-0.3, -0.25) is 9.78 Å². The highest BCUT2D eigenvalue weighted by atomic mass is 19.1. The summed E-state index contributed by atoms with van der Waals surface area (Å²) in [5.74, 6) is -0.342. The lowest BCUT2D eigenvalue weighted by Crippen LogP contribution is -2.26. The first-order valence-corrected chi connectivity index (χ1v) is 6.48. The number of carbonyl (C=O) groups excluding carboxylic acids is 1. The number of rotatable bonds is 1. The zero-order valence-corrected chi connectivity index (χ0v) is 11.6. The predicted octanol–water partition coefficient (Wildman–Crippen LogP) is 3.43. The van der Waals surface area contributed by atoms with Gasteiger partial charge in [0.2, 0.25) is 5.91 Å². The molecule has 0 spiro atoms. The van der Waals surface area contributed by atoms with Gasteiger partial charge in [0.15, 0.2) is 0 Å². The van der Waals surface area contributed by atoms with Crippen molar-refractivity contribution in [1.29, 1.82) is 0 Å². The van der Waals surface area contributed by atoms with Crippen molar-refractivity contribution in [2.24, 2.45) is 0 Å². The molecule has 0 atom stereocenters. The maximum absolute atomic E-state index is 13.6. The van der Waals surface area contributed by atoms with Crippen molar-refractivity contribution in [2.75, 3.05) is 5.32 Å². The molecule has 1 amide bonds. The molecule has 0 bridgehead atoms. The van der Waals surface area contributed by atoms with Crippen LogP contribution in [-0.4, -0.2) is 10.9 Å². The highest BCUT2D eigenvalue weighted by molar-refractivity contribution is 6.06. The van der Waals surface area contributed by atoms with Crippen LogP contribution >= 0.6 is 0 Å². The SMILES string of the molecule is Cc1ncc(-c2ccc3c(c2)NC(=O)C3(C)C)cc1F. The Kier molecular flexibility index (Phi) is 2.64. The van der Waals surface area contributed by atoms with Gasteiger partial charge in [0, 0.05) is 17.4 Å². The minimum atomic E-state index is -0.523. The lowest BCUT2D eigenvalue weighted by Gasteiger charge is -2.15. The molecule has 1 aliphatic rings. The average Bonchev–Trinajstić information content (AvgIpc) is 2.63. The summed E-state index contributed by atoms with van der Waals surface area (Å²) in [4.78, 5) is 15.9. The Morgan fingerprint density at radius 1 is 1.20 bits per heavy atom. The molecule has 0 saturated carbocycles. The molecule has 102 valence electrons. The molecular formula is C16H15FN2O. The summed E-state index contributed by atoms with van der Waals surface area (Å²) in [6.45, 7) is 5.41. The lowest BCUT2D eigenvalue weighted by atomic mass is 9.85. The first-order chi connectivity index (χ1) is 9.39. The second-order valence-electron chi connectivity index (χ2n) is 5.63. The fourth-order valence-corrected chi connectivity index (χ4v) is 2.44. The Hall–Kier alpha value is -2.23. The maximum Gasteiger partial charge on any atom is 0.234 e. The normalized spacial score (nSPS) is 15.9. The summed E-state index contributed by atoms with van der Waals surface area (Å²) >= 11 is 0. The summed E-state index contributed by atoms with van der Waals surface area (Å²) in [5, 5.41) is 2.87. The number of benzene rings is 1. The highest BCUT2D eigenvalue weighted by Gasteiger charge is 2.38. The molecule has 0 unspecified atom stereocenters. The number of aromatic nitrogens is 1. The number of hydrogen-bond acceptors (Lipinski definition) is 2. The maximum atomic E-state index is 13.6. The third kappa shape index (κ3) is 1.80. The molecule has 20 heavy (non-hydrogen) atoms. The zero-order chi connectivity index (χ0) is 14.5. The predicted molar refractivity (Wildman–Crippen MR) is 76.0 cm³/mol. The van der Waals surface area contributed by atoms with E-state index in [2.05, 4.69) is 10.3 Å². The van der Waals surface area contributed by atoms with E-state index in [0.29, 0.717) is 11.3 Å². The van der Waals surface area contributed by atoms with E-state index in [9.17, 15) is 9.18 Å². The summed E-state index contributed by atoms with van der Waals surface area (Å²) in [5.41, 5.74) is 3.16. The Bertz CT molecular complexity index is 722. The van der Waals surface area contributed by atoms with E-state index >= 15 is 0 Å². The number of hydrogen-bond donors (Lipinski definition) is 1. The Morgan fingerprint density at radius 3 is 2.65 bits per heavy atom. The number of halogens is 1. The van der Waals surface area contributed by atoms with E-state index in [1.165, 1.54) is 6.07 Å². The topological polar surface area (TPSA) is 42.0 Å². The van der Waals surface area contributed by atoms with Gasteiger partial charge in [0.05, 0.1) is 11.1 Å². The fraction of sp³-hybridized carbons (Fsp3) is 0.250. The molecular weight excluding hydrogens is 255 g/mol. The van der Waals surface area contributed by atoms with E-state index in [-0.39, 0.29) is 11.7 Å². The number of anilines is 1. The van der Waals surface area contributed by atoms with Crippen molar-refractivity contribution in [3.05, 3.63) is 47.5 Å². The van der Waals surface area contributed by atoms with E-state index in [0.717, 1.165) is 16.8 Å². The van der Waals surface area contributed by atoms with E-state index < -0.39 is 5.41 Å². The van der Waals surface area contributed by atoms with Gasteiger partial charge in [-0.1, -0.05) is 12.1 Å². The molecule has 3 rings (SSSR count). The second kappa shape index (κ2) is 4.13. The minimum absolute atomic E-state index is 0.0159. The van der Waals surface area contributed by atoms with Crippen LogP contribution in [0.4, 0.5) is 10.1 Å². The molecule has 1 aromatic carbocycles. The van der Waals surface area contributed by atoms with Gasteiger partial charge in [-0.15, -0.1) is 0 Å².